The molecule has 1 aliphatic heterocycles. The first kappa shape index (κ1) is 25.3. The number of hydrogen-bond acceptors (Lipinski definition) is 4. The van der Waals surface area contributed by atoms with Crippen LogP contribution in [0.4, 0.5) is 5.69 Å². The predicted molar refractivity (Wildman–Crippen MR) is 134 cm³/mol. The zero-order valence-corrected chi connectivity index (χ0v) is 20.7. The van der Waals surface area contributed by atoms with Crippen molar-refractivity contribution in [2.24, 2.45) is 11.1 Å². The third-order valence-corrected chi connectivity index (χ3v) is 6.36. The monoisotopic (exact) mass is 464 g/mol. The van der Waals surface area contributed by atoms with Gasteiger partial charge in [0, 0.05) is 17.8 Å². The standard InChI is InChI=1S/C27H36N4O3/c1-26(2,3)22(25(34)31-17-9-12-21(31)23(28)32)29-20-15-13-18(14-16-20)24(33)30-27(4,5)19-10-7-6-8-11-19/h6-8,10-11,13-16,21-22,29H,9,12,17H2,1-5H3,(H2,28,32)(H,30,33)/t21-,22?/m0/s1. The van der Waals surface area contributed by atoms with Crippen molar-refractivity contribution in [2.75, 3.05) is 11.9 Å². The number of hydrogen-bond donors (Lipinski definition) is 3. The summed E-state index contributed by atoms with van der Waals surface area (Å²) in [6, 6.07) is 15.8. The van der Waals surface area contributed by atoms with Gasteiger partial charge in [-0.05, 0) is 61.9 Å². The zero-order valence-electron chi connectivity index (χ0n) is 20.7. The lowest BCUT2D eigenvalue weighted by Crippen LogP contribution is -2.53. The van der Waals surface area contributed by atoms with Gasteiger partial charge < -0.3 is 21.3 Å². The normalized spacial score (nSPS) is 17.2. The van der Waals surface area contributed by atoms with Crippen molar-refractivity contribution in [3.05, 3.63) is 65.7 Å². The highest BCUT2D eigenvalue weighted by molar-refractivity contribution is 5.95. The number of benzene rings is 2. The summed E-state index contributed by atoms with van der Waals surface area (Å²) in [6.45, 7) is 10.4. The number of rotatable bonds is 7. The summed E-state index contributed by atoms with van der Waals surface area (Å²) in [7, 11) is 0. The highest BCUT2D eigenvalue weighted by atomic mass is 16.2. The lowest BCUT2D eigenvalue weighted by Gasteiger charge is -2.35. The largest absolute Gasteiger partial charge is 0.373 e. The summed E-state index contributed by atoms with van der Waals surface area (Å²) in [5, 5.41) is 6.40. The highest BCUT2D eigenvalue weighted by Crippen LogP contribution is 2.28. The molecule has 1 saturated heterocycles. The minimum atomic E-state index is -0.557. The second-order valence-electron chi connectivity index (χ2n) is 10.6. The summed E-state index contributed by atoms with van der Waals surface area (Å²) in [6.07, 6.45) is 1.36. The Bertz CT molecular complexity index is 1030. The summed E-state index contributed by atoms with van der Waals surface area (Å²) >= 11 is 0. The molecule has 0 bridgehead atoms. The molecule has 0 saturated carbocycles. The van der Waals surface area contributed by atoms with Crippen molar-refractivity contribution < 1.29 is 14.4 Å². The number of likely N-dealkylation sites (tertiary alicyclic amines) is 1. The molecule has 182 valence electrons. The van der Waals surface area contributed by atoms with Crippen LogP contribution in [0.1, 0.15) is 63.4 Å². The summed E-state index contributed by atoms with van der Waals surface area (Å²) in [5.74, 6) is -0.780. The maximum Gasteiger partial charge on any atom is 0.251 e. The number of nitrogens with two attached hydrogens (primary N) is 1. The first-order valence-corrected chi connectivity index (χ1v) is 11.7. The van der Waals surface area contributed by atoms with Crippen LogP contribution in [0.25, 0.3) is 0 Å². The van der Waals surface area contributed by atoms with E-state index in [4.69, 9.17) is 5.73 Å². The molecule has 0 aromatic heterocycles. The summed E-state index contributed by atoms with van der Waals surface area (Å²) in [5.41, 5.74) is 6.87. The molecular weight excluding hydrogens is 428 g/mol. The van der Waals surface area contributed by atoms with E-state index >= 15 is 0 Å². The number of anilines is 1. The van der Waals surface area contributed by atoms with Gasteiger partial charge in [0.15, 0.2) is 0 Å². The Morgan fingerprint density at radius 1 is 0.971 bits per heavy atom. The minimum Gasteiger partial charge on any atom is -0.373 e. The summed E-state index contributed by atoms with van der Waals surface area (Å²) in [4.78, 5) is 39.6. The molecule has 2 atom stereocenters. The van der Waals surface area contributed by atoms with Crippen molar-refractivity contribution in [1.29, 1.82) is 0 Å². The predicted octanol–water partition coefficient (Wildman–Crippen LogP) is 3.65. The fourth-order valence-electron chi connectivity index (χ4n) is 4.31. The van der Waals surface area contributed by atoms with Crippen LogP contribution in [-0.2, 0) is 15.1 Å². The molecule has 2 aromatic rings. The lowest BCUT2D eigenvalue weighted by atomic mass is 9.85. The molecule has 1 aliphatic rings. The number of carbonyl (C=O) groups is 3. The average molecular weight is 465 g/mol. The zero-order chi connectivity index (χ0) is 25.1. The van der Waals surface area contributed by atoms with E-state index in [1.54, 1.807) is 29.2 Å². The number of carbonyl (C=O) groups excluding carboxylic acids is 3. The van der Waals surface area contributed by atoms with Gasteiger partial charge in [-0.2, -0.15) is 0 Å². The molecule has 1 unspecified atom stereocenters. The Balaban J connectivity index is 1.73. The molecule has 3 rings (SSSR count). The van der Waals surface area contributed by atoms with E-state index < -0.39 is 28.9 Å². The molecule has 0 radical (unpaired) electrons. The van der Waals surface area contributed by atoms with Crippen molar-refractivity contribution >= 4 is 23.4 Å². The van der Waals surface area contributed by atoms with Gasteiger partial charge >= 0.3 is 0 Å². The van der Waals surface area contributed by atoms with Crippen LogP contribution in [0.5, 0.6) is 0 Å². The van der Waals surface area contributed by atoms with Crippen LogP contribution in [0.15, 0.2) is 54.6 Å². The fraction of sp³-hybridized carbons (Fsp3) is 0.444. The number of nitrogens with one attached hydrogen (secondary N) is 2. The highest BCUT2D eigenvalue weighted by Gasteiger charge is 2.40. The quantitative estimate of drug-likeness (QED) is 0.582. The van der Waals surface area contributed by atoms with E-state index in [2.05, 4.69) is 10.6 Å². The van der Waals surface area contributed by atoms with Gasteiger partial charge in [-0.1, -0.05) is 51.1 Å². The van der Waals surface area contributed by atoms with Crippen molar-refractivity contribution in [3.8, 4) is 0 Å². The van der Waals surface area contributed by atoms with Gasteiger partial charge in [0.05, 0.1) is 5.54 Å². The van der Waals surface area contributed by atoms with Gasteiger partial charge in [-0.3, -0.25) is 14.4 Å². The Kier molecular flexibility index (Phi) is 7.34. The van der Waals surface area contributed by atoms with E-state index in [0.29, 0.717) is 18.5 Å². The average Bonchev–Trinajstić information content (AvgIpc) is 3.27. The molecule has 0 aliphatic carbocycles. The third-order valence-electron chi connectivity index (χ3n) is 6.36. The lowest BCUT2D eigenvalue weighted by molar-refractivity contribution is -0.139. The molecule has 1 fully saturated rings. The number of nitrogens with zero attached hydrogens (tertiary/aromatic N) is 1. The first-order chi connectivity index (χ1) is 15.9. The topological polar surface area (TPSA) is 105 Å². The van der Waals surface area contributed by atoms with E-state index in [-0.39, 0.29) is 11.8 Å². The Hall–Kier alpha value is -3.35. The first-order valence-electron chi connectivity index (χ1n) is 11.7. The van der Waals surface area contributed by atoms with E-state index in [0.717, 1.165) is 17.7 Å². The molecule has 34 heavy (non-hydrogen) atoms. The number of amides is 3. The summed E-state index contributed by atoms with van der Waals surface area (Å²) < 4.78 is 0. The van der Waals surface area contributed by atoms with Gasteiger partial charge in [0.1, 0.15) is 12.1 Å². The third kappa shape index (κ3) is 5.76. The van der Waals surface area contributed by atoms with Crippen LogP contribution in [-0.4, -0.2) is 41.2 Å². The molecule has 2 aromatic carbocycles. The maximum absolute atomic E-state index is 13.4. The van der Waals surface area contributed by atoms with Gasteiger partial charge in [0.25, 0.3) is 5.91 Å². The Morgan fingerprint density at radius 3 is 2.15 bits per heavy atom. The molecule has 0 spiro atoms. The van der Waals surface area contributed by atoms with E-state index in [1.165, 1.54) is 0 Å². The van der Waals surface area contributed by atoms with Crippen LogP contribution < -0.4 is 16.4 Å². The minimum absolute atomic E-state index is 0.139. The molecule has 7 nitrogen and oxygen atoms in total. The van der Waals surface area contributed by atoms with Crippen molar-refractivity contribution in [1.82, 2.24) is 10.2 Å². The molecule has 1 heterocycles. The second-order valence-corrected chi connectivity index (χ2v) is 10.6. The molecular formula is C27H36N4O3. The van der Waals surface area contributed by atoms with Crippen LogP contribution in [0.3, 0.4) is 0 Å². The van der Waals surface area contributed by atoms with Crippen LogP contribution >= 0.6 is 0 Å². The van der Waals surface area contributed by atoms with Crippen LogP contribution in [0.2, 0.25) is 0 Å². The molecule has 7 heteroatoms. The van der Waals surface area contributed by atoms with E-state index in [1.807, 2.05) is 65.0 Å². The van der Waals surface area contributed by atoms with Gasteiger partial charge in [-0.15, -0.1) is 0 Å². The Labute approximate surface area is 202 Å². The smallest absolute Gasteiger partial charge is 0.251 e. The number of primary amides is 1. The molecule has 3 amide bonds. The van der Waals surface area contributed by atoms with Crippen molar-refractivity contribution in [2.45, 2.75) is 65.1 Å². The van der Waals surface area contributed by atoms with E-state index in [9.17, 15) is 14.4 Å². The Morgan fingerprint density at radius 2 is 1.59 bits per heavy atom. The fourth-order valence-corrected chi connectivity index (χ4v) is 4.31. The molecule has 4 N–H and O–H groups in total. The van der Waals surface area contributed by atoms with Gasteiger partial charge in [0.2, 0.25) is 11.8 Å². The maximum atomic E-state index is 13.4. The van der Waals surface area contributed by atoms with Crippen LogP contribution in [0, 0.1) is 5.41 Å². The SMILES string of the molecule is CC(C)(NC(=O)c1ccc(NC(C(=O)N2CCC[C@H]2C(N)=O)C(C)(C)C)cc1)c1ccccc1. The second kappa shape index (κ2) is 9.87. The van der Waals surface area contributed by atoms with Gasteiger partial charge in [-0.25, -0.2) is 0 Å². The van der Waals surface area contributed by atoms with Crippen molar-refractivity contribution in [3.63, 3.8) is 0 Å².